The monoisotopic (exact) mass is 121 g/mol. The Hall–Kier alpha value is 0.700. The first-order valence-corrected chi connectivity index (χ1v) is 3.60. The smallest absolute Gasteiger partial charge is 0.0135 e. The summed E-state index contributed by atoms with van der Waals surface area (Å²) in [4.78, 5) is 0. The van der Waals surface area contributed by atoms with Crippen LogP contribution in [0.1, 0.15) is 6.92 Å². The quantitative estimate of drug-likeness (QED) is 0.439. The molecule has 0 rings (SSSR count). The van der Waals surface area contributed by atoms with Crippen molar-refractivity contribution in [2.75, 3.05) is 11.5 Å². The molecule has 0 unspecified atom stereocenters. The lowest BCUT2D eigenvalue weighted by atomic mass is 10.9. The predicted octanol–water partition coefficient (Wildman–Crippen LogP) is 1.83. The van der Waals surface area contributed by atoms with Crippen molar-refractivity contribution >= 4 is 24.4 Å². The molecule has 0 spiro atoms. The van der Waals surface area contributed by atoms with Crippen molar-refractivity contribution in [1.29, 1.82) is 0 Å². The van der Waals surface area contributed by atoms with E-state index in [1.807, 2.05) is 6.92 Å². The fraction of sp³-hybridized carbons (Fsp3) is 0.750. The summed E-state index contributed by atoms with van der Waals surface area (Å²) in [6.07, 6.45) is 0. The topological polar surface area (TPSA) is 0 Å². The fourth-order valence-corrected chi connectivity index (χ4v) is 0.828. The van der Waals surface area contributed by atoms with Crippen LogP contribution in [0.4, 0.5) is 0 Å². The molecule has 0 N–H and O–H groups in total. The summed E-state index contributed by atoms with van der Waals surface area (Å²) in [6, 6.07) is 0. The number of thioether (sulfide) groups is 1. The van der Waals surface area contributed by atoms with Crippen molar-refractivity contribution in [3.8, 4) is 0 Å². The average molecular weight is 121 g/mol. The highest BCUT2D eigenvalue weighted by Gasteiger charge is 1.75. The molecule has 2 heteroatoms. The van der Waals surface area contributed by atoms with Crippen LogP contribution >= 0.6 is 24.4 Å². The van der Waals surface area contributed by atoms with E-state index in [2.05, 4.69) is 18.4 Å². The second kappa shape index (κ2) is 5.70. The van der Waals surface area contributed by atoms with Crippen LogP contribution in [0, 0.1) is 5.75 Å². The van der Waals surface area contributed by atoms with Gasteiger partial charge < -0.3 is 0 Å². The molecule has 0 aromatic carbocycles. The molecule has 0 amide bonds. The van der Waals surface area contributed by atoms with Crippen LogP contribution in [-0.2, 0) is 0 Å². The lowest BCUT2D eigenvalue weighted by Gasteiger charge is -1.86. The number of hydrogen-bond acceptors (Lipinski definition) is 2. The van der Waals surface area contributed by atoms with Crippen molar-refractivity contribution < 1.29 is 0 Å². The first-order valence-electron chi connectivity index (χ1n) is 1.92. The Bertz CT molecular complexity index is 17.5. The Balaban J connectivity index is 2.34. The van der Waals surface area contributed by atoms with Gasteiger partial charge in [-0.1, -0.05) is 6.92 Å². The Kier molecular flexibility index (Phi) is 6.36. The van der Waals surface area contributed by atoms with Crippen LogP contribution in [0.2, 0.25) is 0 Å². The maximum Gasteiger partial charge on any atom is 0.0135 e. The molecule has 0 aromatic heterocycles. The van der Waals surface area contributed by atoms with Crippen molar-refractivity contribution in [3.63, 3.8) is 0 Å². The minimum atomic E-state index is 0.981. The van der Waals surface area contributed by atoms with Gasteiger partial charge in [0.05, 0.1) is 0 Å². The van der Waals surface area contributed by atoms with Crippen LogP contribution in [0.3, 0.4) is 0 Å². The standard InChI is InChI=1S/C4H9S2/c1-2-6-4-3-5/h2,5H,3-4H2,1H3. The highest BCUT2D eigenvalue weighted by Crippen LogP contribution is 2.02. The molecule has 6 heavy (non-hydrogen) atoms. The first kappa shape index (κ1) is 6.70. The molecule has 37 valence electrons. The minimum absolute atomic E-state index is 0.981. The molecule has 0 heterocycles. The first-order chi connectivity index (χ1) is 2.91. The number of hydrogen-bond donors (Lipinski definition) is 1. The van der Waals surface area contributed by atoms with Crippen molar-refractivity contribution in [3.05, 3.63) is 5.75 Å². The van der Waals surface area contributed by atoms with Gasteiger partial charge in [-0.2, -0.15) is 24.4 Å². The highest BCUT2D eigenvalue weighted by atomic mass is 32.2. The third-order valence-electron chi connectivity index (χ3n) is 0.376. The molecular formula is C4H9S2. The van der Waals surface area contributed by atoms with Gasteiger partial charge in [-0.3, -0.25) is 0 Å². The molecule has 0 bridgehead atoms. The van der Waals surface area contributed by atoms with E-state index in [1.54, 1.807) is 11.8 Å². The molecule has 0 aliphatic heterocycles. The van der Waals surface area contributed by atoms with Crippen LogP contribution in [-0.4, -0.2) is 11.5 Å². The van der Waals surface area contributed by atoms with Crippen LogP contribution < -0.4 is 0 Å². The van der Waals surface area contributed by atoms with Gasteiger partial charge in [0.25, 0.3) is 0 Å². The Labute approximate surface area is 49.1 Å². The Morgan fingerprint density at radius 3 is 2.67 bits per heavy atom. The maximum absolute atomic E-state index is 4.01. The lowest BCUT2D eigenvalue weighted by molar-refractivity contribution is 1.56. The molecule has 0 fully saturated rings. The Morgan fingerprint density at radius 1 is 1.83 bits per heavy atom. The highest BCUT2D eigenvalue weighted by molar-refractivity contribution is 8.01. The third kappa shape index (κ3) is 4.70. The van der Waals surface area contributed by atoms with Gasteiger partial charge in [0, 0.05) is 11.5 Å². The van der Waals surface area contributed by atoms with Gasteiger partial charge >= 0.3 is 0 Å². The molecule has 0 saturated heterocycles. The van der Waals surface area contributed by atoms with E-state index < -0.39 is 0 Å². The second-order valence-corrected chi connectivity index (χ2v) is 2.49. The largest absolute Gasteiger partial charge is 0.179 e. The van der Waals surface area contributed by atoms with Crippen molar-refractivity contribution in [2.24, 2.45) is 0 Å². The summed E-state index contributed by atoms with van der Waals surface area (Å²) in [5.41, 5.74) is 0. The summed E-state index contributed by atoms with van der Waals surface area (Å²) >= 11 is 5.82. The zero-order chi connectivity index (χ0) is 4.83. The summed E-state index contributed by atoms with van der Waals surface area (Å²) in [5.74, 6) is 4.20. The number of thiol groups is 1. The Morgan fingerprint density at radius 2 is 2.50 bits per heavy atom. The van der Waals surface area contributed by atoms with E-state index in [1.165, 1.54) is 0 Å². The van der Waals surface area contributed by atoms with Gasteiger partial charge in [-0.15, -0.1) is 0 Å². The SMILES string of the molecule is C[CH]SCCS. The lowest BCUT2D eigenvalue weighted by Crippen LogP contribution is -1.73. The van der Waals surface area contributed by atoms with Gasteiger partial charge in [-0.05, 0) is 5.75 Å². The van der Waals surface area contributed by atoms with Crippen LogP contribution in [0.15, 0.2) is 0 Å². The molecule has 0 atom stereocenters. The summed E-state index contributed by atoms with van der Waals surface area (Å²) < 4.78 is 0. The maximum atomic E-state index is 4.01. The van der Waals surface area contributed by atoms with Gasteiger partial charge in [0.15, 0.2) is 0 Å². The molecule has 0 aromatic rings. The molecule has 1 radical (unpaired) electrons. The van der Waals surface area contributed by atoms with Crippen molar-refractivity contribution in [2.45, 2.75) is 6.92 Å². The van der Waals surface area contributed by atoms with E-state index in [0.717, 1.165) is 11.5 Å². The van der Waals surface area contributed by atoms with E-state index in [4.69, 9.17) is 0 Å². The second-order valence-electron chi connectivity index (χ2n) is 0.830. The van der Waals surface area contributed by atoms with Crippen LogP contribution in [0.5, 0.6) is 0 Å². The zero-order valence-electron chi connectivity index (χ0n) is 3.85. The zero-order valence-corrected chi connectivity index (χ0v) is 5.56. The summed E-state index contributed by atoms with van der Waals surface area (Å²) in [7, 11) is 0. The van der Waals surface area contributed by atoms with Crippen LogP contribution in [0.25, 0.3) is 0 Å². The third-order valence-corrected chi connectivity index (χ3v) is 1.68. The summed E-state index contributed by atoms with van der Waals surface area (Å²) in [5, 5.41) is 0. The van der Waals surface area contributed by atoms with E-state index in [0.29, 0.717) is 0 Å². The minimum Gasteiger partial charge on any atom is -0.179 e. The molecular weight excluding hydrogens is 112 g/mol. The average Bonchev–Trinajstić information content (AvgIpc) is 1.61. The van der Waals surface area contributed by atoms with E-state index in [9.17, 15) is 0 Å². The van der Waals surface area contributed by atoms with Gasteiger partial charge in [0.2, 0.25) is 0 Å². The predicted molar refractivity (Wildman–Crippen MR) is 36.3 cm³/mol. The number of rotatable bonds is 3. The van der Waals surface area contributed by atoms with Crippen molar-refractivity contribution in [1.82, 2.24) is 0 Å². The van der Waals surface area contributed by atoms with E-state index in [-0.39, 0.29) is 0 Å². The van der Waals surface area contributed by atoms with Gasteiger partial charge in [-0.25, -0.2) is 0 Å². The normalized spacial score (nSPS) is 9.00. The molecule has 0 saturated carbocycles. The molecule has 0 aliphatic rings. The fourth-order valence-electron chi connectivity index (χ4n) is 0.171. The molecule has 0 nitrogen and oxygen atoms in total. The van der Waals surface area contributed by atoms with E-state index >= 15 is 0 Å². The summed E-state index contributed by atoms with van der Waals surface area (Å²) in [6.45, 7) is 2.04. The van der Waals surface area contributed by atoms with Gasteiger partial charge in [0.1, 0.15) is 0 Å². The molecule has 0 aliphatic carbocycles.